The quantitative estimate of drug-likeness (QED) is 0.788. The van der Waals surface area contributed by atoms with Gasteiger partial charge in [0.15, 0.2) is 5.78 Å². The van der Waals surface area contributed by atoms with E-state index in [-0.39, 0.29) is 11.2 Å². The topological polar surface area (TPSA) is 29.1 Å². The molecule has 0 spiro atoms. The second kappa shape index (κ2) is 4.52. The molecule has 1 aliphatic heterocycles. The molecule has 2 aliphatic rings. The van der Waals surface area contributed by atoms with E-state index < -0.39 is 0 Å². The zero-order valence-corrected chi connectivity index (χ0v) is 11.0. The Morgan fingerprint density at radius 3 is 2.82 bits per heavy atom. The maximum atomic E-state index is 11.6. The van der Waals surface area contributed by atoms with Crippen LogP contribution in [0.3, 0.4) is 0 Å². The van der Waals surface area contributed by atoms with Gasteiger partial charge in [0.1, 0.15) is 0 Å². The van der Waals surface area contributed by atoms with E-state index in [1.165, 1.54) is 16.8 Å². The molecular formula is C15H21NO. The molecule has 2 nitrogen and oxygen atoms in total. The molecule has 0 amide bonds. The van der Waals surface area contributed by atoms with Crippen LogP contribution in [0.15, 0.2) is 35.2 Å². The van der Waals surface area contributed by atoms with Gasteiger partial charge < -0.3 is 5.32 Å². The van der Waals surface area contributed by atoms with E-state index in [2.05, 4.69) is 38.4 Å². The molecule has 1 heterocycles. The van der Waals surface area contributed by atoms with Crippen LogP contribution in [-0.4, -0.2) is 5.78 Å². The summed E-state index contributed by atoms with van der Waals surface area (Å²) < 4.78 is 0. The summed E-state index contributed by atoms with van der Waals surface area (Å²) >= 11 is 0. The minimum absolute atomic E-state index is 0.0554. The van der Waals surface area contributed by atoms with Crippen LogP contribution < -0.4 is 5.32 Å². The fourth-order valence-electron chi connectivity index (χ4n) is 2.89. The lowest BCUT2D eigenvalue weighted by atomic mass is 9.69. The van der Waals surface area contributed by atoms with E-state index >= 15 is 0 Å². The van der Waals surface area contributed by atoms with Crippen molar-refractivity contribution < 1.29 is 4.79 Å². The molecule has 1 unspecified atom stereocenters. The SMILES string of the molecule is CCC1=CNC(C)=CC1(C)C1=CC(=O)CCC1. The number of ketones is 1. The fourth-order valence-corrected chi connectivity index (χ4v) is 2.89. The van der Waals surface area contributed by atoms with Crippen molar-refractivity contribution in [2.45, 2.75) is 46.5 Å². The Balaban J connectivity index is 2.41. The summed E-state index contributed by atoms with van der Waals surface area (Å²) in [7, 11) is 0. The van der Waals surface area contributed by atoms with E-state index in [9.17, 15) is 4.79 Å². The molecule has 0 fully saturated rings. The molecule has 1 atom stereocenters. The first-order chi connectivity index (χ1) is 8.06. The minimum atomic E-state index is -0.0554. The van der Waals surface area contributed by atoms with Crippen LogP contribution in [0.1, 0.15) is 46.5 Å². The molecule has 17 heavy (non-hydrogen) atoms. The number of carbonyl (C=O) groups is 1. The van der Waals surface area contributed by atoms with Crippen LogP contribution in [-0.2, 0) is 4.79 Å². The van der Waals surface area contributed by atoms with E-state index in [0.29, 0.717) is 6.42 Å². The average Bonchev–Trinajstić information content (AvgIpc) is 2.29. The summed E-state index contributed by atoms with van der Waals surface area (Å²) in [6.07, 6.45) is 10.0. The highest BCUT2D eigenvalue weighted by molar-refractivity contribution is 5.91. The number of carbonyl (C=O) groups excluding carboxylic acids is 1. The molecule has 0 saturated heterocycles. The third kappa shape index (κ3) is 2.21. The monoisotopic (exact) mass is 231 g/mol. The number of allylic oxidation sites excluding steroid dienone is 5. The summed E-state index contributed by atoms with van der Waals surface area (Å²) in [6.45, 7) is 6.48. The van der Waals surface area contributed by atoms with Crippen LogP contribution >= 0.6 is 0 Å². The molecule has 0 radical (unpaired) electrons. The summed E-state index contributed by atoms with van der Waals surface area (Å²) in [5.41, 5.74) is 3.76. The number of rotatable bonds is 2. The van der Waals surface area contributed by atoms with Crippen LogP contribution in [0.4, 0.5) is 0 Å². The molecule has 2 heteroatoms. The van der Waals surface area contributed by atoms with Gasteiger partial charge in [-0.3, -0.25) is 4.79 Å². The van der Waals surface area contributed by atoms with Crippen molar-refractivity contribution in [2.24, 2.45) is 5.41 Å². The van der Waals surface area contributed by atoms with Crippen molar-refractivity contribution in [1.29, 1.82) is 0 Å². The van der Waals surface area contributed by atoms with Gasteiger partial charge in [-0.2, -0.15) is 0 Å². The van der Waals surface area contributed by atoms with Crippen molar-refractivity contribution in [3.63, 3.8) is 0 Å². The van der Waals surface area contributed by atoms with E-state index in [4.69, 9.17) is 0 Å². The smallest absolute Gasteiger partial charge is 0.155 e. The third-order valence-electron chi connectivity index (χ3n) is 3.90. The molecule has 2 rings (SSSR count). The molecule has 0 saturated carbocycles. The van der Waals surface area contributed by atoms with Crippen molar-refractivity contribution >= 4 is 5.78 Å². The van der Waals surface area contributed by atoms with Crippen molar-refractivity contribution in [3.8, 4) is 0 Å². The van der Waals surface area contributed by atoms with Crippen LogP contribution in [0.5, 0.6) is 0 Å². The second-order valence-electron chi connectivity index (χ2n) is 5.19. The van der Waals surface area contributed by atoms with Gasteiger partial charge in [-0.1, -0.05) is 18.6 Å². The molecule has 1 N–H and O–H groups in total. The van der Waals surface area contributed by atoms with Crippen molar-refractivity contribution in [3.05, 3.63) is 35.2 Å². The largest absolute Gasteiger partial charge is 0.365 e. The predicted octanol–water partition coefficient (Wildman–Crippen LogP) is 3.47. The van der Waals surface area contributed by atoms with E-state index in [1.807, 2.05) is 6.08 Å². The lowest BCUT2D eigenvalue weighted by Gasteiger charge is -2.36. The Kier molecular flexibility index (Phi) is 3.23. The average molecular weight is 231 g/mol. The molecule has 0 aromatic heterocycles. The normalized spacial score (nSPS) is 29.1. The standard InChI is InChI=1S/C15H21NO/c1-4-12-10-16-11(2)9-15(12,3)13-6-5-7-14(17)8-13/h8-10,16H,4-7H2,1-3H3. The maximum Gasteiger partial charge on any atom is 0.155 e. The fraction of sp³-hybridized carbons (Fsp3) is 0.533. The zero-order valence-electron chi connectivity index (χ0n) is 11.0. The summed E-state index contributed by atoms with van der Waals surface area (Å²) in [5, 5.41) is 3.28. The first kappa shape index (κ1) is 12.2. The Morgan fingerprint density at radius 1 is 1.41 bits per heavy atom. The van der Waals surface area contributed by atoms with Gasteiger partial charge in [-0.25, -0.2) is 0 Å². The minimum Gasteiger partial charge on any atom is -0.365 e. The summed E-state index contributed by atoms with van der Waals surface area (Å²) in [4.78, 5) is 11.6. The molecule has 92 valence electrons. The molecule has 0 bridgehead atoms. The number of hydrogen-bond donors (Lipinski definition) is 1. The third-order valence-corrected chi connectivity index (χ3v) is 3.90. The van der Waals surface area contributed by atoms with Gasteiger partial charge in [0.05, 0.1) is 0 Å². The molecule has 0 aromatic rings. The Bertz CT molecular complexity index is 428. The Hall–Kier alpha value is -1.31. The molecule has 1 aliphatic carbocycles. The second-order valence-corrected chi connectivity index (χ2v) is 5.19. The summed E-state index contributed by atoms with van der Waals surface area (Å²) in [6, 6.07) is 0. The van der Waals surface area contributed by atoms with Gasteiger partial charge in [-0.05, 0) is 44.8 Å². The lowest BCUT2D eigenvalue weighted by Crippen LogP contribution is -2.28. The predicted molar refractivity (Wildman–Crippen MR) is 70.3 cm³/mol. The Labute approximate surface area is 103 Å². The van der Waals surface area contributed by atoms with E-state index in [1.54, 1.807) is 0 Å². The lowest BCUT2D eigenvalue weighted by molar-refractivity contribution is -0.115. The van der Waals surface area contributed by atoms with Gasteiger partial charge in [0, 0.05) is 23.7 Å². The van der Waals surface area contributed by atoms with Crippen molar-refractivity contribution in [2.75, 3.05) is 0 Å². The maximum absolute atomic E-state index is 11.6. The first-order valence-corrected chi connectivity index (χ1v) is 6.45. The number of nitrogens with one attached hydrogen (secondary N) is 1. The van der Waals surface area contributed by atoms with Gasteiger partial charge >= 0.3 is 0 Å². The zero-order chi connectivity index (χ0) is 12.5. The van der Waals surface area contributed by atoms with Gasteiger partial charge in [0.2, 0.25) is 0 Å². The highest BCUT2D eigenvalue weighted by atomic mass is 16.1. The molecule has 0 aromatic carbocycles. The van der Waals surface area contributed by atoms with Crippen LogP contribution in [0.2, 0.25) is 0 Å². The van der Waals surface area contributed by atoms with Crippen LogP contribution in [0, 0.1) is 5.41 Å². The van der Waals surface area contributed by atoms with Crippen molar-refractivity contribution in [1.82, 2.24) is 5.32 Å². The highest BCUT2D eigenvalue weighted by Crippen LogP contribution is 2.44. The number of dihydropyridines is 1. The first-order valence-electron chi connectivity index (χ1n) is 6.45. The van der Waals surface area contributed by atoms with E-state index in [0.717, 1.165) is 19.3 Å². The van der Waals surface area contributed by atoms with Gasteiger partial charge in [0.25, 0.3) is 0 Å². The van der Waals surface area contributed by atoms with Gasteiger partial charge in [-0.15, -0.1) is 0 Å². The molecular weight excluding hydrogens is 210 g/mol. The summed E-state index contributed by atoms with van der Waals surface area (Å²) in [5.74, 6) is 0.285. The Morgan fingerprint density at radius 2 is 2.18 bits per heavy atom. The highest BCUT2D eigenvalue weighted by Gasteiger charge is 2.33. The number of hydrogen-bond acceptors (Lipinski definition) is 2. The van der Waals surface area contributed by atoms with Crippen LogP contribution in [0.25, 0.3) is 0 Å².